The highest BCUT2D eigenvalue weighted by Gasteiger charge is 2.33. The van der Waals surface area contributed by atoms with E-state index < -0.39 is 0 Å². The lowest BCUT2D eigenvalue weighted by atomic mass is 9.85. The molecular weight excluding hydrogens is 324 g/mol. The fourth-order valence-electron chi connectivity index (χ4n) is 3.13. The van der Waals surface area contributed by atoms with Crippen molar-refractivity contribution in [3.05, 3.63) is 24.3 Å². The summed E-state index contributed by atoms with van der Waals surface area (Å²) in [6, 6.07) is 4.40. The Morgan fingerprint density at radius 1 is 1.25 bits per heavy atom. The van der Waals surface area contributed by atoms with E-state index in [2.05, 4.69) is 36.5 Å². The van der Waals surface area contributed by atoms with E-state index in [0.717, 1.165) is 35.5 Å². The van der Waals surface area contributed by atoms with Gasteiger partial charge in [-0.15, -0.1) is 15.3 Å². The Kier molecular flexibility index (Phi) is 3.15. The Bertz CT molecular complexity index is 863. The van der Waals surface area contributed by atoms with E-state index in [4.69, 9.17) is 4.98 Å². The first-order valence-electron chi connectivity index (χ1n) is 8.26. The van der Waals surface area contributed by atoms with Crippen molar-refractivity contribution in [2.45, 2.75) is 31.2 Å². The van der Waals surface area contributed by atoms with Crippen LogP contribution in [0.2, 0.25) is 0 Å². The number of hydrogen-bond acceptors (Lipinski definition) is 8. The summed E-state index contributed by atoms with van der Waals surface area (Å²) in [7, 11) is 2.11. The van der Waals surface area contributed by atoms with Gasteiger partial charge in [0.05, 0.1) is 6.04 Å². The molecule has 5 rings (SSSR count). The summed E-state index contributed by atoms with van der Waals surface area (Å²) in [5.41, 5.74) is 0.769. The molecule has 0 bridgehead atoms. The maximum atomic E-state index is 4.75. The Morgan fingerprint density at radius 3 is 2.92 bits per heavy atom. The number of anilines is 2. The molecular formula is C15H18N8S. The second-order valence-corrected chi connectivity index (χ2v) is 7.29. The van der Waals surface area contributed by atoms with E-state index in [9.17, 15) is 0 Å². The van der Waals surface area contributed by atoms with Crippen LogP contribution in [0.25, 0.3) is 5.65 Å². The molecule has 4 heterocycles. The lowest BCUT2D eigenvalue weighted by Gasteiger charge is -2.44. The molecule has 24 heavy (non-hydrogen) atoms. The first-order chi connectivity index (χ1) is 11.8. The molecule has 1 aliphatic carbocycles. The Balaban J connectivity index is 1.25. The maximum absolute atomic E-state index is 4.75. The van der Waals surface area contributed by atoms with Crippen LogP contribution in [-0.4, -0.2) is 55.3 Å². The highest BCUT2D eigenvalue weighted by Crippen LogP contribution is 2.36. The van der Waals surface area contributed by atoms with E-state index in [-0.39, 0.29) is 0 Å². The van der Waals surface area contributed by atoms with Gasteiger partial charge in [0.25, 0.3) is 0 Å². The van der Waals surface area contributed by atoms with Crippen LogP contribution >= 0.6 is 11.5 Å². The molecule has 8 nitrogen and oxygen atoms in total. The quantitative estimate of drug-likeness (QED) is 0.712. The number of nitrogens with zero attached hydrogens (tertiary/aromatic N) is 8. The summed E-state index contributed by atoms with van der Waals surface area (Å²) in [5, 5.41) is 13.4. The maximum Gasteiger partial charge on any atom is 0.205 e. The van der Waals surface area contributed by atoms with E-state index in [1.807, 2.05) is 12.1 Å². The summed E-state index contributed by atoms with van der Waals surface area (Å²) in [6.07, 6.45) is 5.44. The normalized spacial score (nSPS) is 18.6. The smallest absolute Gasteiger partial charge is 0.205 e. The predicted molar refractivity (Wildman–Crippen MR) is 91.7 cm³/mol. The van der Waals surface area contributed by atoms with Crippen LogP contribution in [-0.2, 0) is 0 Å². The zero-order chi connectivity index (χ0) is 16.1. The van der Waals surface area contributed by atoms with Crippen LogP contribution in [0, 0.1) is 0 Å². The topological polar surface area (TPSA) is 75.3 Å². The molecule has 3 aromatic rings. The molecule has 1 aliphatic heterocycles. The van der Waals surface area contributed by atoms with Gasteiger partial charge in [-0.2, -0.15) is 8.89 Å². The van der Waals surface area contributed by atoms with Gasteiger partial charge in [-0.3, -0.25) is 0 Å². The highest BCUT2D eigenvalue weighted by atomic mass is 32.1. The summed E-state index contributed by atoms with van der Waals surface area (Å²) < 4.78 is 6.26. The first-order valence-corrected chi connectivity index (χ1v) is 9.04. The molecule has 2 fully saturated rings. The van der Waals surface area contributed by atoms with Crippen LogP contribution < -0.4 is 9.80 Å². The van der Waals surface area contributed by atoms with Gasteiger partial charge in [0, 0.05) is 37.6 Å². The van der Waals surface area contributed by atoms with Crippen molar-refractivity contribution in [1.82, 2.24) is 29.2 Å². The number of aromatic nitrogens is 6. The number of fused-ring (bicyclic) bond motifs is 1. The predicted octanol–water partition coefficient (Wildman–Crippen LogP) is 1.57. The van der Waals surface area contributed by atoms with Crippen LogP contribution in [0.5, 0.6) is 0 Å². The van der Waals surface area contributed by atoms with E-state index in [1.165, 1.54) is 30.8 Å². The van der Waals surface area contributed by atoms with Crippen molar-refractivity contribution < 1.29 is 0 Å². The molecule has 3 aromatic heterocycles. The van der Waals surface area contributed by atoms with Gasteiger partial charge in [-0.05, 0) is 25.0 Å². The second-order valence-electron chi connectivity index (χ2n) is 6.56. The minimum absolute atomic E-state index is 0.450. The van der Waals surface area contributed by atoms with Gasteiger partial charge in [0.2, 0.25) is 5.13 Å². The van der Waals surface area contributed by atoms with Crippen LogP contribution in [0.15, 0.2) is 18.5 Å². The minimum atomic E-state index is 0.450. The average Bonchev–Trinajstić information content (AvgIpc) is 3.12. The third-order valence-corrected chi connectivity index (χ3v) is 5.91. The van der Waals surface area contributed by atoms with Gasteiger partial charge in [0.1, 0.15) is 18.0 Å². The molecule has 0 aromatic carbocycles. The third-order valence-electron chi connectivity index (χ3n) is 5.08. The molecule has 0 N–H and O–H groups in total. The molecule has 9 heteroatoms. The molecule has 2 aliphatic rings. The summed E-state index contributed by atoms with van der Waals surface area (Å²) in [5.74, 6) is 2.60. The van der Waals surface area contributed by atoms with Gasteiger partial charge < -0.3 is 9.80 Å². The molecule has 124 valence electrons. The van der Waals surface area contributed by atoms with Crippen molar-refractivity contribution in [2.24, 2.45) is 0 Å². The van der Waals surface area contributed by atoms with Gasteiger partial charge in [-0.1, -0.05) is 6.42 Å². The van der Waals surface area contributed by atoms with E-state index in [1.54, 1.807) is 10.8 Å². The fourth-order valence-corrected chi connectivity index (χ4v) is 3.91. The SMILES string of the molecule is CN(c1nc(C2CCC2)ns1)C1CN(c2ccc3nncn3n2)C1. The lowest BCUT2D eigenvalue weighted by molar-refractivity contribution is 0.404. The summed E-state index contributed by atoms with van der Waals surface area (Å²) in [6.45, 7) is 1.88. The fraction of sp³-hybridized carbons (Fsp3) is 0.533. The van der Waals surface area contributed by atoms with Crippen molar-refractivity contribution in [3.8, 4) is 0 Å². The molecule has 0 atom stereocenters. The van der Waals surface area contributed by atoms with Crippen molar-refractivity contribution in [1.29, 1.82) is 0 Å². The molecule has 0 amide bonds. The Hall–Kier alpha value is -2.29. The zero-order valence-corrected chi connectivity index (χ0v) is 14.2. The van der Waals surface area contributed by atoms with Gasteiger partial charge in [-0.25, -0.2) is 4.98 Å². The Morgan fingerprint density at radius 2 is 2.12 bits per heavy atom. The highest BCUT2D eigenvalue weighted by molar-refractivity contribution is 7.09. The van der Waals surface area contributed by atoms with E-state index in [0.29, 0.717) is 12.0 Å². The van der Waals surface area contributed by atoms with Crippen molar-refractivity contribution in [3.63, 3.8) is 0 Å². The second kappa shape index (κ2) is 5.37. The molecule has 0 radical (unpaired) electrons. The zero-order valence-electron chi connectivity index (χ0n) is 13.4. The van der Waals surface area contributed by atoms with E-state index >= 15 is 0 Å². The van der Waals surface area contributed by atoms with Gasteiger partial charge in [0.15, 0.2) is 5.65 Å². The summed E-state index contributed by atoms with van der Waals surface area (Å²) >= 11 is 1.52. The molecule has 1 saturated heterocycles. The molecule has 0 spiro atoms. The minimum Gasteiger partial charge on any atom is -0.351 e. The lowest BCUT2D eigenvalue weighted by Crippen LogP contribution is -2.59. The van der Waals surface area contributed by atoms with Crippen molar-refractivity contribution >= 4 is 28.1 Å². The number of likely N-dealkylation sites (N-methyl/N-ethyl adjacent to an activating group) is 1. The van der Waals surface area contributed by atoms with Crippen LogP contribution in [0.4, 0.5) is 10.9 Å². The monoisotopic (exact) mass is 342 g/mol. The van der Waals surface area contributed by atoms with Crippen LogP contribution in [0.1, 0.15) is 31.0 Å². The Labute approximate surface area is 143 Å². The number of hydrogen-bond donors (Lipinski definition) is 0. The van der Waals surface area contributed by atoms with Crippen LogP contribution in [0.3, 0.4) is 0 Å². The number of rotatable bonds is 4. The first kappa shape index (κ1) is 14.1. The van der Waals surface area contributed by atoms with Gasteiger partial charge >= 0.3 is 0 Å². The molecule has 0 unspecified atom stereocenters. The standard InChI is InChI=1S/C15H18N8S/c1-21(15-17-14(20-24-15)10-3-2-4-10)11-7-22(8-11)13-6-5-12-18-16-9-23(12)19-13/h5-6,9-11H,2-4,7-8H2,1H3. The third kappa shape index (κ3) is 2.22. The van der Waals surface area contributed by atoms with Crippen molar-refractivity contribution in [2.75, 3.05) is 29.9 Å². The summed E-state index contributed by atoms with van der Waals surface area (Å²) in [4.78, 5) is 9.26. The average molecular weight is 342 g/mol. The molecule has 1 saturated carbocycles. The largest absolute Gasteiger partial charge is 0.351 e.